The molecule has 0 spiro atoms. The Morgan fingerprint density at radius 3 is 2.72 bits per heavy atom. The molecule has 0 N–H and O–H groups in total. The van der Waals surface area contributed by atoms with Crippen molar-refractivity contribution in [3.8, 4) is 16.5 Å². The van der Waals surface area contributed by atoms with Crippen LogP contribution in [0.4, 0.5) is 0 Å². The number of thiophene rings is 1. The van der Waals surface area contributed by atoms with E-state index in [4.69, 9.17) is 13.9 Å². The second-order valence-electron chi connectivity index (χ2n) is 5.11. The van der Waals surface area contributed by atoms with Crippen molar-refractivity contribution in [1.82, 2.24) is 10.2 Å². The van der Waals surface area contributed by atoms with E-state index < -0.39 is 12.1 Å². The van der Waals surface area contributed by atoms with E-state index in [0.29, 0.717) is 5.89 Å². The maximum absolute atomic E-state index is 11.9. The fourth-order valence-electron chi connectivity index (χ4n) is 2.04. The molecule has 1 atom stereocenters. The quantitative estimate of drug-likeness (QED) is 0.488. The van der Waals surface area contributed by atoms with Crippen LogP contribution < -0.4 is 4.74 Å². The summed E-state index contributed by atoms with van der Waals surface area (Å²) in [6.45, 7) is 1.69. The fourth-order valence-corrected chi connectivity index (χ4v) is 2.69. The summed E-state index contributed by atoms with van der Waals surface area (Å²) in [6, 6.07) is 11.1. The number of hydrogen-bond acceptors (Lipinski definition) is 7. The van der Waals surface area contributed by atoms with Crippen molar-refractivity contribution in [2.75, 3.05) is 7.11 Å². The Kier molecular flexibility index (Phi) is 5.25. The molecule has 2 heterocycles. The summed E-state index contributed by atoms with van der Waals surface area (Å²) in [4.78, 5) is 12.8. The van der Waals surface area contributed by atoms with E-state index in [2.05, 4.69) is 10.2 Å². The summed E-state index contributed by atoms with van der Waals surface area (Å²) >= 11 is 1.50. The molecule has 0 unspecified atom stereocenters. The molecule has 0 saturated carbocycles. The maximum Gasteiger partial charge on any atom is 0.331 e. The molecule has 3 rings (SSSR count). The van der Waals surface area contributed by atoms with Crippen LogP contribution in [0.2, 0.25) is 0 Å². The van der Waals surface area contributed by atoms with Crippen LogP contribution in [-0.2, 0) is 9.53 Å². The van der Waals surface area contributed by atoms with Crippen LogP contribution in [0.5, 0.6) is 5.75 Å². The zero-order valence-corrected chi connectivity index (χ0v) is 14.5. The summed E-state index contributed by atoms with van der Waals surface area (Å²) in [7, 11) is 1.60. The fraction of sp³-hybridized carbons (Fsp3) is 0.167. The Hall–Kier alpha value is -2.93. The second kappa shape index (κ2) is 7.76. The molecule has 0 aliphatic heterocycles. The van der Waals surface area contributed by atoms with Crippen molar-refractivity contribution >= 4 is 23.4 Å². The zero-order chi connectivity index (χ0) is 17.6. The Balaban J connectivity index is 1.59. The predicted octanol–water partition coefficient (Wildman–Crippen LogP) is 4.12. The molecular formula is C18H16N2O4S. The highest BCUT2D eigenvalue weighted by molar-refractivity contribution is 7.13. The molecule has 0 radical (unpaired) electrons. The molecule has 25 heavy (non-hydrogen) atoms. The molecule has 7 heteroatoms. The summed E-state index contributed by atoms with van der Waals surface area (Å²) in [6.07, 6.45) is 2.39. The van der Waals surface area contributed by atoms with E-state index in [1.807, 2.05) is 41.8 Å². The van der Waals surface area contributed by atoms with Gasteiger partial charge in [-0.1, -0.05) is 18.2 Å². The number of benzene rings is 1. The molecule has 6 nitrogen and oxygen atoms in total. The van der Waals surface area contributed by atoms with E-state index in [1.165, 1.54) is 17.4 Å². The van der Waals surface area contributed by atoms with Gasteiger partial charge in [0.15, 0.2) is 6.10 Å². The number of methoxy groups -OCH3 is 1. The van der Waals surface area contributed by atoms with Gasteiger partial charge in [-0.2, -0.15) is 0 Å². The van der Waals surface area contributed by atoms with E-state index in [0.717, 1.165) is 16.2 Å². The minimum Gasteiger partial charge on any atom is -0.497 e. The molecule has 0 fully saturated rings. The van der Waals surface area contributed by atoms with Gasteiger partial charge in [0.2, 0.25) is 0 Å². The number of aromatic nitrogens is 2. The molecule has 0 amide bonds. The van der Waals surface area contributed by atoms with Crippen molar-refractivity contribution in [2.45, 2.75) is 13.0 Å². The highest BCUT2D eigenvalue weighted by atomic mass is 32.1. The van der Waals surface area contributed by atoms with Crippen molar-refractivity contribution in [1.29, 1.82) is 0 Å². The molecule has 0 saturated heterocycles. The number of esters is 1. The Labute approximate surface area is 148 Å². The van der Waals surface area contributed by atoms with Gasteiger partial charge in [0.1, 0.15) is 5.75 Å². The molecule has 0 bridgehead atoms. The van der Waals surface area contributed by atoms with Crippen LogP contribution in [0.15, 0.2) is 52.3 Å². The van der Waals surface area contributed by atoms with E-state index >= 15 is 0 Å². The lowest BCUT2D eigenvalue weighted by Crippen LogP contribution is -2.06. The van der Waals surface area contributed by atoms with Crippen LogP contribution in [0.3, 0.4) is 0 Å². The summed E-state index contributed by atoms with van der Waals surface area (Å²) < 4.78 is 15.9. The summed E-state index contributed by atoms with van der Waals surface area (Å²) in [5, 5.41) is 9.83. The van der Waals surface area contributed by atoms with Gasteiger partial charge in [-0.15, -0.1) is 21.5 Å². The van der Waals surface area contributed by atoms with E-state index in [-0.39, 0.29) is 5.89 Å². The van der Waals surface area contributed by atoms with E-state index in [9.17, 15) is 4.79 Å². The third kappa shape index (κ3) is 4.33. The lowest BCUT2D eigenvalue weighted by atomic mass is 10.2. The van der Waals surface area contributed by atoms with Crippen molar-refractivity contribution in [2.24, 2.45) is 0 Å². The highest BCUT2D eigenvalue weighted by Crippen LogP contribution is 2.25. The number of hydrogen-bond donors (Lipinski definition) is 0. The Morgan fingerprint density at radius 2 is 2.04 bits per heavy atom. The normalized spacial score (nSPS) is 12.2. The largest absolute Gasteiger partial charge is 0.497 e. The van der Waals surface area contributed by atoms with Gasteiger partial charge in [0, 0.05) is 6.08 Å². The first kappa shape index (κ1) is 16.9. The molecule has 1 aromatic carbocycles. The number of nitrogens with zero attached hydrogens (tertiary/aromatic N) is 2. The molecule has 2 aromatic heterocycles. The van der Waals surface area contributed by atoms with Crippen LogP contribution in [-0.4, -0.2) is 23.3 Å². The highest BCUT2D eigenvalue weighted by Gasteiger charge is 2.18. The van der Waals surface area contributed by atoms with E-state index in [1.54, 1.807) is 20.1 Å². The lowest BCUT2D eigenvalue weighted by Gasteiger charge is -2.06. The first-order valence-electron chi connectivity index (χ1n) is 7.56. The summed E-state index contributed by atoms with van der Waals surface area (Å²) in [5.74, 6) is 0.946. The molecule has 3 aromatic rings. The van der Waals surface area contributed by atoms with Gasteiger partial charge >= 0.3 is 5.97 Å². The van der Waals surface area contributed by atoms with Crippen LogP contribution in [0.1, 0.15) is 24.5 Å². The second-order valence-corrected chi connectivity index (χ2v) is 6.06. The minimum absolute atomic E-state index is 0.259. The molecular weight excluding hydrogens is 340 g/mol. The standard InChI is InChI=1S/C18H16N2O4S/c1-12(17-19-20-18(24-17)15-4-3-11-25-15)23-16(21)10-7-13-5-8-14(22-2)9-6-13/h3-12H,1-2H3/b10-7+/t12-/m0/s1. The SMILES string of the molecule is COc1ccc(/C=C/C(=O)O[C@@H](C)c2nnc(-c3cccs3)o2)cc1. The van der Waals surface area contributed by atoms with Crippen LogP contribution in [0, 0.1) is 0 Å². The molecule has 128 valence electrons. The third-order valence-corrected chi connectivity index (χ3v) is 4.20. The number of carbonyl (C=O) groups excluding carboxylic acids is 1. The van der Waals surface area contributed by atoms with Crippen molar-refractivity contribution < 1.29 is 18.7 Å². The monoisotopic (exact) mass is 356 g/mol. The Morgan fingerprint density at radius 1 is 1.24 bits per heavy atom. The first-order valence-corrected chi connectivity index (χ1v) is 8.43. The number of ether oxygens (including phenoxy) is 2. The first-order chi connectivity index (χ1) is 12.2. The lowest BCUT2D eigenvalue weighted by molar-refractivity contribution is -0.143. The predicted molar refractivity (Wildman–Crippen MR) is 94.1 cm³/mol. The number of carbonyl (C=O) groups is 1. The van der Waals surface area contributed by atoms with Crippen LogP contribution >= 0.6 is 11.3 Å². The van der Waals surface area contributed by atoms with Gasteiger partial charge in [0.05, 0.1) is 12.0 Å². The molecule has 0 aliphatic carbocycles. The van der Waals surface area contributed by atoms with Gasteiger partial charge in [-0.3, -0.25) is 0 Å². The van der Waals surface area contributed by atoms with Gasteiger partial charge in [-0.25, -0.2) is 4.79 Å². The van der Waals surface area contributed by atoms with Crippen molar-refractivity contribution in [3.63, 3.8) is 0 Å². The number of rotatable bonds is 6. The molecule has 0 aliphatic rings. The Bertz CT molecular complexity index is 854. The van der Waals surface area contributed by atoms with Gasteiger partial charge in [0.25, 0.3) is 11.8 Å². The minimum atomic E-state index is -0.630. The zero-order valence-electron chi connectivity index (χ0n) is 13.7. The van der Waals surface area contributed by atoms with Crippen LogP contribution in [0.25, 0.3) is 16.8 Å². The van der Waals surface area contributed by atoms with Gasteiger partial charge < -0.3 is 13.9 Å². The average Bonchev–Trinajstić information content (AvgIpc) is 3.31. The topological polar surface area (TPSA) is 74.5 Å². The van der Waals surface area contributed by atoms with Gasteiger partial charge in [-0.05, 0) is 42.1 Å². The third-order valence-electron chi connectivity index (χ3n) is 3.34. The maximum atomic E-state index is 11.9. The smallest absolute Gasteiger partial charge is 0.331 e. The summed E-state index contributed by atoms with van der Waals surface area (Å²) in [5.41, 5.74) is 0.864. The average molecular weight is 356 g/mol. The van der Waals surface area contributed by atoms with Crippen molar-refractivity contribution in [3.05, 3.63) is 59.3 Å².